The van der Waals surface area contributed by atoms with E-state index in [1.54, 1.807) is 11.8 Å². The highest BCUT2D eigenvalue weighted by atomic mass is 32.2. The van der Waals surface area contributed by atoms with Gasteiger partial charge in [0, 0.05) is 23.5 Å². The lowest BCUT2D eigenvalue weighted by Crippen LogP contribution is -2.02. The molecular formula is C14H18N4S. The molecule has 0 unspecified atom stereocenters. The van der Waals surface area contributed by atoms with E-state index in [-0.39, 0.29) is 0 Å². The first kappa shape index (κ1) is 12.5. The van der Waals surface area contributed by atoms with Crippen molar-refractivity contribution in [1.82, 2.24) is 14.8 Å². The van der Waals surface area contributed by atoms with Crippen LogP contribution in [0.3, 0.4) is 0 Å². The Labute approximate surface area is 117 Å². The molecule has 5 heteroatoms. The van der Waals surface area contributed by atoms with E-state index in [0.29, 0.717) is 0 Å². The van der Waals surface area contributed by atoms with Crippen molar-refractivity contribution in [3.05, 3.63) is 29.6 Å². The van der Waals surface area contributed by atoms with Crippen LogP contribution in [0.25, 0.3) is 0 Å². The Bertz CT molecular complexity index is 591. The maximum Gasteiger partial charge on any atom is 0.196 e. The van der Waals surface area contributed by atoms with Crippen LogP contribution in [0.4, 0.5) is 5.69 Å². The van der Waals surface area contributed by atoms with E-state index in [1.807, 2.05) is 13.0 Å². The number of hydrogen-bond donors (Lipinski definition) is 1. The molecule has 0 fully saturated rings. The number of hydrogen-bond acceptors (Lipinski definition) is 4. The molecule has 1 aliphatic heterocycles. The summed E-state index contributed by atoms with van der Waals surface area (Å²) >= 11 is 1.65. The average Bonchev–Trinajstić information content (AvgIpc) is 2.63. The van der Waals surface area contributed by atoms with Gasteiger partial charge >= 0.3 is 0 Å². The number of anilines is 1. The van der Waals surface area contributed by atoms with E-state index in [4.69, 9.17) is 5.73 Å². The van der Waals surface area contributed by atoms with Crippen molar-refractivity contribution in [3.63, 3.8) is 0 Å². The van der Waals surface area contributed by atoms with Crippen LogP contribution in [-0.2, 0) is 13.0 Å². The molecule has 0 saturated heterocycles. The van der Waals surface area contributed by atoms with Crippen LogP contribution < -0.4 is 5.73 Å². The summed E-state index contributed by atoms with van der Waals surface area (Å²) < 4.78 is 2.26. The number of nitrogens with two attached hydrogens (primary N) is 1. The molecule has 0 radical (unpaired) electrons. The smallest absolute Gasteiger partial charge is 0.196 e. The molecule has 1 aliphatic rings. The van der Waals surface area contributed by atoms with E-state index in [1.165, 1.54) is 19.3 Å². The number of nitrogen functional groups attached to an aromatic ring is 1. The number of aryl methyl sites for hydroxylation is 2. The Morgan fingerprint density at radius 1 is 1.21 bits per heavy atom. The highest BCUT2D eigenvalue weighted by Gasteiger charge is 2.15. The van der Waals surface area contributed by atoms with E-state index in [9.17, 15) is 0 Å². The molecule has 19 heavy (non-hydrogen) atoms. The fourth-order valence-electron chi connectivity index (χ4n) is 2.32. The Balaban J connectivity index is 1.87. The van der Waals surface area contributed by atoms with E-state index in [2.05, 4.69) is 26.9 Å². The van der Waals surface area contributed by atoms with Crippen LogP contribution in [-0.4, -0.2) is 14.8 Å². The van der Waals surface area contributed by atoms with Crippen LogP contribution in [0.15, 0.2) is 28.3 Å². The quantitative estimate of drug-likeness (QED) is 0.855. The summed E-state index contributed by atoms with van der Waals surface area (Å²) in [7, 11) is 0. The lowest BCUT2D eigenvalue weighted by atomic mass is 10.2. The first-order chi connectivity index (χ1) is 9.24. The molecule has 3 rings (SSSR count). The van der Waals surface area contributed by atoms with Gasteiger partial charge in [-0.1, -0.05) is 12.5 Å². The van der Waals surface area contributed by atoms with Crippen molar-refractivity contribution in [2.45, 2.75) is 49.2 Å². The molecule has 0 bridgehead atoms. The lowest BCUT2D eigenvalue weighted by Gasteiger charge is -2.07. The van der Waals surface area contributed by atoms with E-state index < -0.39 is 0 Å². The SMILES string of the molecule is Cc1ccc(Sc2nnc3n2CCCCC3)cc1N. The zero-order chi connectivity index (χ0) is 13.2. The van der Waals surface area contributed by atoms with Crippen LogP contribution in [0, 0.1) is 6.92 Å². The topological polar surface area (TPSA) is 56.7 Å². The van der Waals surface area contributed by atoms with Crippen molar-refractivity contribution in [3.8, 4) is 0 Å². The lowest BCUT2D eigenvalue weighted by molar-refractivity contribution is 0.591. The molecule has 2 heterocycles. The highest BCUT2D eigenvalue weighted by Crippen LogP contribution is 2.30. The molecular weight excluding hydrogens is 256 g/mol. The molecule has 0 saturated carbocycles. The van der Waals surface area contributed by atoms with Gasteiger partial charge in [-0.25, -0.2) is 0 Å². The fraction of sp³-hybridized carbons (Fsp3) is 0.429. The second-order valence-corrected chi connectivity index (χ2v) is 6.02. The molecule has 1 aromatic carbocycles. The van der Waals surface area contributed by atoms with Gasteiger partial charge in [0.05, 0.1) is 0 Å². The van der Waals surface area contributed by atoms with Gasteiger partial charge in [-0.15, -0.1) is 10.2 Å². The van der Waals surface area contributed by atoms with Gasteiger partial charge in [-0.2, -0.15) is 0 Å². The second-order valence-electron chi connectivity index (χ2n) is 4.98. The Kier molecular flexibility index (Phi) is 3.46. The third kappa shape index (κ3) is 2.61. The Hall–Kier alpha value is -1.49. The molecule has 0 atom stereocenters. The number of rotatable bonds is 2. The van der Waals surface area contributed by atoms with E-state index >= 15 is 0 Å². The first-order valence-electron chi connectivity index (χ1n) is 6.70. The van der Waals surface area contributed by atoms with Crippen molar-refractivity contribution in [2.75, 3.05) is 5.73 Å². The molecule has 2 N–H and O–H groups in total. The van der Waals surface area contributed by atoms with Gasteiger partial charge in [0.25, 0.3) is 0 Å². The molecule has 100 valence electrons. The maximum absolute atomic E-state index is 5.96. The minimum atomic E-state index is 0.834. The van der Waals surface area contributed by atoms with Crippen LogP contribution in [0.5, 0.6) is 0 Å². The summed E-state index contributed by atoms with van der Waals surface area (Å²) in [5.41, 5.74) is 7.91. The predicted octanol–water partition coefficient (Wildman–Crippen LogP) is 3.05. The van der Waals surface area contributed by atoms with Gasteiger partial charge in [0.1, 0.15) is 5.82 Å². The van der Waals surface area contributed by atoms with Crippen molar-refractivity contribution >= 4 is 17.4 Å². The van der Waals surface area contributed by atoms with Gasteiger partial charge < -0.3 is 10.3 Å². The largest absolute Gasteiger partial charge is 0.398 e. The molecule has 2 aromatic rings. The average molecular weight is 274 g/mol. The zero-order valence-corrected chi connectivity index (χ0v) is 11.9. The number of nitrogens with zero attached hydrogens (tertiary/aromatic N) is 3. The molecule has 0 spiro atoms. The van der Waals surface area contributed by atoms with Crippen molar-refractivity contribution in [1.29, 1.82) is 0 Å². The summed E-state index contributed by atoms with van der Waals surface area (Å²) in [6.45, 7) is 3.05. The summed E-state index contributed by atoms with van der Waals surface area (Å²) in [5.74, 6) is 1.13. The Morgan fingerprint density at radius 2 is 2.11 bits per heavy atom. The number of aromatic nitrogens is 3. The zero-order valence-electron chi connectivity index (χ0n) is 11.1. The first-order valence-corrected chi connectivity index (χ1v) is 7.52. The molecule has 4 nitrogen and oxygen atoms in total. The second kappa shape index (κ2) is 5.25. The third-order valence-corrected chi connectivity index (χ3v) is 4.51. The molecule has 1 aromatic heterocycles. The summed E-state index contributed by atoms with van der Waals surface area (Å²) in [6, 6.07) is 6.16. The van der Waals surface area contributed by atoms with Crippen molar-refractivity contribution < 1.29 is 0 Å². The minimum absolute atomic E-state index is 0.834. The van der Waals surface area contributed by atoms with Gasteiger partial charge in [-0.05, 0) is 49.2 Å². The monoisotopic (exact) mass is 274 g/mol. The number of fused-ring (bicyclic) bond motifs is 1. The summed E-state index contributed by atoms with van der Waals surface area (Å²) in [4.78, 5) is 1.13. The fourth-order valence-corrected chi connectivity index (χ4v) is 3.24. The molecule has 0 aliphatic carbocycles. The van der Waals surface area contributed by atoms with Gasteiger partial charge in [0.15, 0.2) is 5.16 Å². The van der Waals surface area contributed by atoms with Crippen molar-refractivity contribution in [2.24, 2.45) is 0 Å². The van der Waals surface area contributed by atoms with E-state index in [0.717, 1.165) is 40.1 Å². The summed E-state index contributed by atoms with van der Waals surface area (Å²) in [5, 5.41) is 9.62. The highest BCUT2D eigenvalue weighted by molar-refractivity contribution is 7.99. The van der Waals surface area contributed by atoms with Gasteiger partial charge in [0.2, 0.25) is 0 Å². The Morgan fingerprint density at radius 3 is 2.95 bits per heavy atom. The predicted molar refractivity (Wildman–Crippen MR) is 77.3 cm³/mol. The third-order valence-electron chi connectivity index (χ3n) is 3.54. The van der Waals surface area contributed by atoms with Crippen LogP contribution in [0.2, 0.25) is 0 Å². The summed E-state index contributed by atoms with van der Waals surface area (Å²) in [6.07, 6.45) is 4.77. The van der Waals surface area contributed by atoms with Gasteiger partial charge in [-0.3, -0.25) is 0 Å². The van der Waals surface area contributed by atoms with Crippen LogP contribution >= 0.6 is 11.8 Å². The maximum atomic E-state index is 5.96. The van der Waals surface area contributed by atoms with Crippen LogP contribution in [0.1, 0.15) is 30.7 Å². The number of benzene rings is 1. The normalized spacial score (nSPS) is 15.0. The minimum Gasteiger partial charge on any atom is -0.398 e. The molecule has 0 amide bonds. The standard InChI is InChI=1S/C14H18N4S/c1-10-6-7-11(9-12(10)15)19-14-17-16-13-5-3-2-4-8-18(13)14/h6-7,9H,2-5,8,15H2,1H3.